The number of amides is 1. The first-order chi connectivity index (χ1) is 11.6. The third-order valence-corrected chi connectivity index (χ3v) is 5.52. The number of likely N-dealkylation sites (tertiary alicyclic amines) is 1. The summed E-state index contributed by atoms with van der Waals surface area (Å²) in [6, 6.07) is 5.27. The predicted molar refractivity (Wildman–Crippen MR) is 90.9 cm³/mol. The molecule has 2 aromatic rings. The Morgan fingerprint density at radius 3 is 3.08 bits per heavy atom. The molecule has 0 saturated carbocycles. The smallest absolute Gasteiger partial charge is 0.254 e. The van der Waals surface area contributed by atoms with Crippen LogP contribution < -0.4 is 0 Å². The topological polar surface area (TPSA) is 56.3 Å². The first-order valence-corrected chi connectivity index (χ1v) is 8.76. The second-order valence-corrected chi connectivity index (χ2v) is 7.32. The standard InChI is InChI=1S/C19H23FN2O2/c1-11-2-4-17-15(6-11)16-7-12(3-5-18(16)21-17)19(24)22-9-13(20)8-14(22)10-23/h3,5,7,11,13-14,21,23H,2,4,6,8-10H2,1H3/t11?,13-,14-/m0/s1. The minimum absolute atomic E-state index is 0.0738. The molecule has 2 aliphatic rings. The number of halogens is 1. The number of carbonyl (C=O) groups is 1. The molecule has 1 fully saturated rings. The van der Waals surface area contributed by atoms with Crippen LogP contribution in [-0.4, -0.2) is 46.3 Å². The van der Waals surface area contributed by atoms with Crippen molar-refractivity contribution in [1.29, 1.82) is 0 Å². The molecule has 0 radical (unpaired) electrons. The summed E-state index contributed by atoms with van der Waals surface area (Å²) in [5.74, 6) is 0.468. The van der Waals surface area contributed by atoms with Crippen molar-refractivity contribution in [1.82, 2.24) is 9.88 Å². The number of hydrogen-bond donors (Lipinski definition) is 2. The monoisotopic (exact) mass is 330 g/mol. The van der Waals surface area contributed by atoms with Crippen molar-refractivity contribution < 1.29 is 14.3 Å². The number of aryl methyl sites for hydroxylation is 1. The van der Waals surface area contributed by atoms with Gasteiger partial charge < -0.3 is 15.0 Å². The van der Waals surface area contributed by atoms with Gasteiger partial charge in [-0.2, -0.15) is 0 Å². The lowest BCUT2D eigenvalue weighted by molar-refractivity contribution is 0.0673. The third-order valence-electron chi connectivity index (χ3n) is 5.52. The highest BCUT2D eigenvalue weighted by Crippen LogP contribution is 2.32. The van der Waals surface area contributed by atoms with Gasteiger partial charge in [-0.25, -0.2) is 4.39 Å². The van der Waals surface area contributed by atoms with E-state index in [0.29, 0.717) is 11.5 Å². The van der Waals surface area contributed by atoms with E-state index in [1.807, 2.05) is 12.1 Å². The zero-order valence-electron chi connectivity index (χ0n) is 13.9. The Hall–Kier alpha value is -1.88. The number of H-pyrrole nitrogens is 1. The molecule has 5 heteroatoms. The highest BCUT2D eigenvalue weighted by Gasteiger charge is 2.35. The highest BCUT2D eigenvalue weighted by molar-refractivity contribution is 5.99. The van der Waals surface area contributed by atoms with Gasteiger partial charge in [-0.1, -0.05) is 6.92 Å². The molecular weight excluding hydrogens is 307 g/mol. The van der Waals surface area contributed by atoms with Crippen LogP contribution >= 0.6 is 0 Å². The Morgan fingerprint density at radius 2 is 2.29 bits per heavy atom. The number of aliphatic hydroxyl groups is 1. The number of aliphatic hydroxyl groups excluding tert-OH is 1. The molecule has 1 saturated heterocycles. The average molecular weight is 330 g/mol. The van der Waals surface area contributed by atoms with Crippen molar-refractivity contribution in [2.45, 2.75) is 44.8 Å². The Balaban J connectivity index is 1.70. The lowest BCUT2D eigenvalue weighted by Crippen LogP contribution is -2.37. The van der Waals surface area contributed by atoms with Crippen molar-refractivity contribution >= 4 is 16.8 Å². The van der Waals surface area contributed by atoms with Gasteiger partial charge in [0, 0.05) is 28.6 Å². The first kappa shape index (κ1) is 15.6. The number of rotatable bonds is 2. The number of alkyl halides is 1. The van der Waals surface area contributed by atoms with Crippen LogP contribution in [0.3, 0.4) is 0 Å². The van der Waals surface area contributed by atoms with Crippen molar-refractivity contribution in [3.05, 3.63) is 35.0 Å². The van der Waals surface area contributed by atoms with Gasteiger partial charge in [0.15, 0.2) is 0 Å². The Bertz CT molecular complexity index is 785. The predicted octanol–water partition coefficient (Wildman–Crippen LogP) is 2.84. The number of aromatic amines is 1. The molecule has 1 aromatic carbocycles. The van der Waals surface area contributed by atoms with Gasteiger partial charge in [0.05, 0.1) is 19.2 Å². The number of carbonyl (C=O) groups excluding carboxylic acids is 1. The second kappa shape index (κ2) is 5.88. The van der Waals surface area contributed by atoms with Crippen LogP contribution in [0.1, 0.15) is 41.4 Å². The van der Waals surface area contributed by atoms with E-state index in [2.05, 4.69) is 11.9 Å². The molecular formula is C19H23FN2O2. The maximum Gasteiger partial charge on any atom is 0.254 e. The van der Waals surface area contributed by atoms with E-state index in [1.54, 1.807) is 6.07 Å². The third kappa shape index (κ3) is 2.51. The fourth-order valence-corrected chi connectivity index (χ4v) is 4.17. The van der Waals surface area contributed by atoms with Gasteiger partial charge in [0.25, 0.3) is 5.91 Å². The van der Waals surface area contributed by atoms with Gasteiger partial charge in [0.2, 0.25) is 0 Å². The van der Waals surface area contributed by atoms with Gasteiger partial charge in [-0.3, -0.25) is 4.79 Å². The number of fused-ring (bicyclic) bond motifs is 3. The average Bonchev–Trinajstić information content (AvgIpc) is 3.13. The van der Waals surface area contributed by atoms with Gasteiger partial charge >= 0.3 is 0 Å². The molecule has 1 unspecified atom stereocenters. The minimum Gasteiger partial charge on any atom is -0.394 e. The molecule has 0 bridgehead atoms. The van der Waals surface area contributed by atoms with Crippen LogP contribution in [0.25, 0.3) is 10.9 Å². The highest BCUT2D eigenvalue weighted by atomic mass is 19.1. The van der Waals surface area contributed by atoms with Crippen LogP contribution in [0.2, 0.25) is 0 Å². The van der Waals surface area contributed by atoms with Crippen molar-refractivity contribution in [3.63, 3.8) is 0 Å². The van der Waals surface area contributed by atoms with E-state index in [-0.39, 0.29) is 25.5 Å². The number of nitrogens with zero attached hydrogens (tertiary/aromatic N) is 1. The Kier molecular flexibility index (Phi) is 3.83. The Morgan fingerprint density at radius 1 is 1.46 bits per heavy atom. The van der Waals surface area contributed by atoms with E-state index in [0.717, 1.165) is 23.7 Å². The number of hydrogen-bond acceptors (Lipinski definition) is 2. The molecule has 24 heavy (non-hydrogen) atoms. The molecule has 1 aromatic heterocycles. The summed E-state index contributed by atoms with van der Waals surface area (Å²) < 4.78 is 13.6. The van der Waals surface area contributed by atoms with Crippen molar-refractivity contribution in [3.8, 4) is 0 Å². The molecule has 2 N–H and O–H groups in total. The van der Waals surface area contributed by atoms with Crippen LogP contribution in [0.5, 0.6) is 0 Å². The fourth-order valence-electron chi connectivity index (χ4n) is 4.17. The first-order valence-electron chi connectivity index (χ1n) is 8.76. The van der Waals surface area contributed by atoms with Crippen LogP contribution in [0.4, 0.5) is 4.39 Å². The summed E-state index contributed by atoms with van der Waals surface area (Å²) in [6.45, 7) is 2.14. The lowest BCUT2D eigenvalue weighted by atomic mass is 9.87. The van der Waals surface area contributed by atoms with Crippen LogP contribution in [-0.2, 0) is 12.8 Å². The largest absolute Gasteiger partial charge is 0.394 e. The molecule has 2 heterocycles. The molecule has 1 aliphatic carbocycles. The number of aromatic nitrogens is 1. The summed E-state index contributed by atoms with van der Waals surface area (Å²) in [5, 5.41) is 10.5. The molecule has 3 atom stereocenters. The summed E-state index contributed by atoms with van der Waals surface area (Å²) >= 11 is 0. The van der Waals surface area contributed by atoms with Crippen LogP contribution in [0, 0.1) is 5.92 Å². The normalized spacial score (nSPS) is 26.8. The quantitative estimate of drug-likeness (QED) is 0.890. The molecule has 4 nitrogen and oxygen atoms in total. The summed E-state index contributed by atoms with van der Waals surface area (Å²) in [6.07, 6.45) is 2.45. The van der Waals surface area contributed by atoms with Crippen LogP contribution in [0.15, 0.2) is 18.2 Å². The van der Waals surface area contributed by atoms with Crippen molar-refractivity contribution in [2.24, 2.45) is 5.92 Å². The number of benzene rings is 1. The maximum absolute atomic E-state index is 13.6. The molecule has 128 valence electrons. The van der Waals surface area contributed by atoms with Gasteiger partial charge in [-0.15, -0.1) is 0 Å². The molecule has 1 aliphatic heterocycles. The van der Waals surface area contributed by atoms with Gasteiger partial charge in [-0.05, 0) is 48.9 Å². The van der Waals surface area contributed by atoms with E-state index in [4.69, 9.17) is 0 Å². The summed E-state index contributed by atoms with van der Waals surface area (Å²) in [5.41, 5.74) is 4.25. The Labute approximate surface area is 140 Å². The van der Waals surface area contributed by atoms with E-state index in [1.165, 1.54) is 22.6 Å². The molecule has 1 amide bonds. The second-order valence-electron chi connectivity index (χ2n) is 7.32. The summed E-state index contributed by atoms with van der Waals surface area (Å²) in [4.78, 5) is 17.8. The zero-order chi connectivity index (χ0) is 16.8. The molecule has 4 rings (SSSR count). The zero-order valence-corrected chi connectivity index (χ0v) is 13.9. The summed E-state index contributed by atoms with van der Waals surface area (Å²) in [7, 11) is 0. The lowest BCUT2D eigenvalue weighted by Gasteiger charge is -2.22. The van der Waals surface area contributed by atoms with Crippen molar-refractivity contribution in [2.75, 3.05) is 13.2 Å². The van der Waals surface area contributed by atoms with E-state index in [9.17, 15) is 14.3 Å². The fraction of sp³-hybridized carbons (Fsp3) is 0.526. The maximum atomic E-state index is 13.6. The minimum atomic E-state index is -1.05. The molecule has 0 spiro atoms. The SMILES string of the molecule is CC1CCc2[nH]c3ccc(C(=O)N4C[C@@H](F)C[C@H]4CO)cc3c2C1. The van der Waals surface area contributed by atoms with E-state index < -0.39 is 12.2 Å². The van der Waals surface area contributed by atoms with Gasteiger partial charge in [0.1, 0.15) is 6.17 Å². The number of nitrogens with one attached hydrogen (secondary N) is 1. The van der Waals surface area contributed by atoms with E-state index >= 15 is 0 Å².